The Hall–Kier alpha value is 2.25. The Labute approximate surface area is 97.3 Å². The quantitative estimate of drug-likeness (QED) is 0.369. The summed E-state index contributed by atoms with van der Waals surface area (Å²) in [6.07, 6.45) is 0. The SMILES string of the molecule is N.O=S([O-])([O-])=S.[Na+].[Na+]. The summed E-state index contributed by atoms with van der Waals surface area (Å²) in [6.45, 7) is 0. The van der Waals surface area contributed by atoms with Crippen LogP contribution < -0.4 is 65.3 Å². The van der Waals surface area contributed by atoms with Crippen LogP contribution in [0.15, 0.2) is 0 Å². The van der Waals surface area contributed by atoms with Gasteiger partial charge in [0.1, 0.15) is 0 Å². The van der Waals surface area contributed by atoms with Crippen LogP contribution in [0.3, 0.4) is 0 Å². The van der Waals surface area contributed by atoms with Crippen molar-refractivity contribution < 1.29 is 72.4 Å². The first kappa shape index (κ1) is 22.5. The molecular weight excluding hydrogens is 172 g/mol. The topological polar surface area (TPSA) is 98.2 Å². The summed E-state index contributed by atoms with van der Waals surface area (Å²) in [5.41, 5.74) is 0. The molecule has 0 heterocycles. The molecule has 0 spiro atoms. The molecule has 3 N–H and O–H groups in total. The summed E-state index contributed by atoms with van der Waals surface area (Å²) in [6, 6.07) is 0. The molecule has 0 unspecified atom stereocenters. The Morgan fingerprint density at radius 3 is 1.25 bits per heavy atom. The van der Waals surface area contributed by atoms with E-state index in [0.29, 0.717) is 0 Å². The molecule has 0 aromatic heterocycles. The summed E-state index contributed by atoms with van der Waals surface area (Å²) in [7, 11) is -4.33. The van der Waals surface area contributed by atoms with Crippen LogP contribution in [0.25, 0.3) is 0 Å². The molecule has 0 saturated carbocycles. The Morgan fingerprint density at radius 1 is 1.25 bits per heavy atom. The predicted octanol–water partition coefficient (Wildman–Crippen LogP) is -6.84. The molecule has 8 heavy (non-hydrogen) atoms. The van der Waals surface area contributed by atoms with Crippen LogP contribution >= 0.6 is 0 Å². The van der Waals surface area contributed by atoms with Crippen LogP contribution in [0.1, 0.15) is 0 Å². The fourth-order valence-electron chi connectivity index (χ4n) is 0. The van der Waals surface area contributed by atoms with E-state index in [-0.39, 0.29) is 65.3 Å². The van der Waals surface area contributed by atoms with Crippen LogP contribution in [0.5, 0.6) is 0 Å². The van der Waals surface area contributed by atoms with E-state index in [4.69, 9.17) is 13.3 Å². The third-order valence-electron chi connectivity index (χ3n) is 0. The summed E-state index contributed by atoms with van der Waals surface area (Å²) >= 11 is 3.24. The van der Waals surface area contributed by atoms with E-state index in [1.54, 1.807) is 0 Å². The third-order valence-corrected chi connectivity index (χ3v) is 0. The van der Waals surface area contributed by atoms with Gasteiger partial charge in [0.2, 0.25) is 0 Å². The molecule has 8 heteroatoms. The first-order valence-electron chi connectivity index (χ1n) is 0.667. The van der Waals surface area contributed by atoms with Crippen molar-refractivity contribution in [2.24, 2.45) is 0 Å². The summed E-state index contributed by atoms with van der Waals surface area (Å²) in [4.78, 5) is 0. The maximum atomic E-state index is 8.89. The molecule has 0 aliphatic heterocycles. The first-order valence-corrected chi connectivity index (χ1v) is 3.00. The van der Waals surface area contributed by atoms with Gasteiger partial charge < -0.3 is 15.3 Å². The Kier molecular flexibility index (Phi) is 26.0. The molecule has 0 aliphatic rings. The molecule has 0 amide bonds. The van der Waals surface area contributed by atoms with Crippen molar-refractivity contribution in [2.75, 3.05) is 0 Å². The van der Waals surface area contributed by atoms with E-state index in [2.05, 4.69) is 11.2 Å². The second-order valence-electron chi connectivity index (χ2n) is 0.408. The maximum absolute atomic E-state index is 8.89. The van der Waals surface area contributed by atoms with Crippen LogP contribution in [0.4, 0.5) is 0 Å². The van der Waals surface area contributed by atoms with Crippen molar-refractivity contribution in [3.05, 3.63) is 0 Å². The molecule has 4 nitrogen and oxygen atoms in total. The Balaban J connectivity index is -0.0000000267. The number of rotatable bonds is 0. The van der Waals surface area contributed by atoms with Crippen molar-refractivity contribution in [3.63, 3.8) is 0 Å². The summed E-state index contributed by atoms with van der Waals surface area (Å²) < 4.78 is 26.7. The predicted molar refractivity (Wildman–Crippen MR) is 22.1 cm³/mol. The van der Waals surface area contributed by atoms with Gasteiger partial charge >= 0.3 is 59.1 Å². The number of hydrogen-bond donors (Lipinski definition) is 1. The first-order chi connectivity index (χ1) is 2.00. The minimum atomic E-state index is -4.33. The van der Waals surface area contributed by atoms with Crippen molar-refractivity contribution in [2.45, 2.75) is 0 Å². The summed E-state index contributed by atoms with van der Waals surface area (Å²) in [5.74, 6) is 0. The van der Waals surface area contributed by atoms with Gasteiger partial charge in [0.05, 0.1) is 0 Å². The standard InChI is InChI=1S/H3N.2Na.H2O3S2/c;;;1-5(2,3)4/h1H3;;;(H2,1,2,3,4)/q;2*+1;/p-2. The van der Waals surface area contributed by atoms with Crippen LogP contribution in [-0.4, -0.2) is 13.3 Å². The molecule has 0 aromatic rings. The molecule has 0 radical (unpaired) electrons. The van der Waals surface area contributed by atoms with Gasteiger partial charge in [-0.15, -0.1) is 9.05 Å². The molecule has 0 fully saturated rings. The van der Waals surface area contributed by atoms with Crippen LogP contribution in [0.2, 0.25) is 0 Å². The second kappa shape index (κ2) is 9.25. The second-order valence-corrected chi connectivity index (χ2v) is 2.45. The van der Waals surface area contributed by atoms with Gasteiger partial charge in [-0.2, -0.15) is 0 Å². The van der Waals surface area contributed by atoms with Gasteiger partial charge in [-0.3, -0.25) is 4.21 Å². The monoisotopic (exact) mass is 175 g/mol. The van der Waals surface area contributed by atoms with E-state index >= 15 is 0 Å². The minimum absolute atomic E-state index is 0. The van der Waals surface area contributed by atoms with Gasteiger partial charge in [-0.25, -0.2) is 0 Å². The van der Waals surface area contributed by atoms with Crippen LogP contribution in [-0.2, 0) is 20.2 Å². The normalized spacial score (nSPS) is 7.25. The van der Waals surface area contributed by atoms with Gasteiger partial charge in [0.25, 0.3) is 0 Å². The molecule has 0 rings (SSSR count). The average molecular weight is 175 g/mol. The van der Waals surface area contributed by atoms with E-state index in [1.807, 2.05) is 0 Å². The maximum Gasteiger partial charge on any atom is 1.00 e. The average Bonchev–Trinajstić information content (AvgIpc) is 0.722. The Morgan fingerprint density at radius 2 is 1.25 bits per heavy atom. The third kappa shape index (κ3) is 85.7. The van der Waals surface area contributed by atoms with E-state index < -0.39 is 9.05 Å². The fraction of sp³-hybridized carbons (Fsp3) is 0. The molecule has 0 saturated heterocycles. The molecular formula is H3NNa2O3S2. The van der Waals surface area contributed by atoms with E-state index in [0.717, 1.165) is 0 Å². The number of hydrogen-bond acceptors (Lipinski definition) is 5. The van der Waals surface area contributed by atoms with Gasteiger partial charge in [0, 0.05) is 0 Å². The Bertz CT molecular complexity index is 98.5. The summed E-state index contributed by atoms with van der Waals surface area (Å²) in [5, 5.41) is 0. The molecule has 0 bridgehead atoms. The largest absolute Gasteiger partial charge is 1.00 e. The van der Waals surface area contributed by atoms with Crippen molar-refractivity contribution >= 4 is 20.2 Å². The smallest absolute Gasteiger partial charge is 0.780 e. The molecule has 0 aromatic carbocycles. The zero-order valence-electron chi connectivity index (χ0n) is 4.75. The van der Waals surface area contributed by atoms with Crippen molar-refractivity contribution in [1.82, 2.24) is 6.15 Å². The minimum Gasteiger partial charge on any atom is -0.780 e. The van der Waals surface area contributed by atoms with Gasteiger partial charge in [-0.1, -0.05) is 0 Å². The van der Waals surface area contributed by atoms with Crippen LogP contribution in [0, 0.1) is 0 Å². The van der Waals surface area contributed by atoms with Crippen molar-refractivity contribution in [3.8, 4) is 0 Å². The zero-order chi connectivity index (χ0) is 4.50. The molecule has 40 valence electrons. The van der Waals surface area contributed by atoms with Crippen molar-refractivity contribution in [1.29, 1.82) is 0 Å². The van der Waals surface area contributed by atoms with E-state index in [9.17, 15) is 0 Å². The van der Waals surface area contributed by atoms with Gasteiger partial charge in [0.15, 0.2) is 0 Å². The van der Waals surface area contributed by atoms with E-state index in [1.165, 1.54) is 0 Å². The fourth-order valence-corrected chi connectivity index (χ4v) is 0. The van der Waals surface area contributed by atoms with Gasteiger partial charge in [-0.05, 0) is 11.2 Å². The molecule has 0 atom stereocenters. The molecule has 0 aliphatic carbocycles. The zero-order valence-corrected chi connectivity index (χ0v) is 10.4.